The zero-order valence-electron chi connectivity index (χ0n) is 14.0. The number of ether oxygens (including phenoxy) is 2. The van der Waals surface area contributed by atoms with E-state index in [4.69, 9.17) is 9.47 Å². The van der Waals surface area contributed by atoms with Crippen LogP contribution in [0.15, 0.2) is 53.0 Å². The molecule has 0 aromatic heterocycles. The van der Waals surface area contributed by atoms with Crippen molar-refractivity contribution in [1.82, 2.24) is 0 Å². The summed E-state index contributed by atoms with van der Waals surface area (Å²) in [6, 6.07) is 15.5. The van der Waals surface area contributed by atoms with Crippen LogP contribution in [-0.4, -0.2) is 18.2 Å². The number of rotatable bonds is 1. The average Bonchev–Trinajstić information content (AvgIpc) is 2.53. The van der Waals surface area contributed by atoms with Gasteiger partial charge in [-0.2, -0.15) is 0 Å². The number of anilines is 1. The van der Waals surface area contributed by atoms with Gasteiger partial charge in [0.2, 0.25) is 0 Å². The van der Waals surface area contributed by atoms with Gasteiger partial charge in [0.15, 0.2) is 0 Å². The van der Waals surface area contributed by atoms with Crippen molar-refractivity contribution in [3.05, 3.63) is 58.6 Å². The molecule has 5 heteroatoms. The summed E-state index contributed by atoms with van der Waals surface area (Å²) in [6.45, 7) is 6.00. The van der Waals surface area contributed by atoms with E-state index in [1.165, 1.54) is 0 Å². The van der Waals surface area contributed by atoms with Gasteiger partial charge in [-0.15, -0.1) is 0 Å². The van der Waals surface area contributed by atoms with Gasteiger partial charge in [-0.05, 0) is 50.6 Å². The number of hydrogen-bond donors (Lipinski definition) is 0. The van der Waals surface area contributed by atoms with Gasteiger partial charge in [-0.25, -0.2) is 4.79 Å². The second kappa shape index (κ2) is 6.48. The van der Waals surface area contributed by atoms with Crippen LogP contribution < -0.4 is 9.64 Å². The van der Waals surface area contributed by atoms with Crippen LogP contribution >= 0.6 is 15.9 Å². The molecule has 1 aliphatic heterocycles. The van der Waals surface area contributed by atoms with Crippen LogP contribution in [-0.2, 0) is 4.74 Å². The molecule has 2 aromatic rings. The molecule has 2 aromatic carbocycles. The van der Waals surface area contributed by atoms with E-state index >= 15 is 0 Å². The fourth-order valence-electron chi connectivity index (χ4n) is 2.58. The smallest absolute Gasteiger partial charge is 0.415 e. The van der Waals surface area contributed by atoms with Gasteiger partial charge in [0, 0.05) is 4.47 Å². The van der Waals surface area contributed by atoms with Crippen molar-refractivity contribution in [3.8, 4) is 5.75 Å². The maximum Gasteiger partial charge on any atom is 0.415 e. The molecule has 4 nitrogen and oxygen atoms in total. The van der Waals surface area contributed by atoms with Gasteiger partial charge in [-0.3, -0.25) is 4.90 Å². The average molecular weight is 390 g/mol. The van der Waals surface area contributed by atoms with E-state index in [1.807, 2.05) is 69.3 Å². The number of hydrogen-bond acceptors (Lipinski definition) is 3. The number of carbonyl (C=O) groups is 1. The quantitative estimate of drug-likeness (QED) is 0.661. The minimum atomic E-state index is -0.544. The molecule has 0 spiro atoms. The van der Waals surface area contributed by atoms with Gasteiger partial charge in [0.1, 0.15) is 17.5 Å². The van der Waals surface area contributed by atoms with Gasteiger partial charge in [0.05, 0.1) is 12.2 Å². The van der Waals surface area contributed by atoms with Crippen LogP contribution in [0.5, 0.6) is 5.75 Å². The molecule has 0 radical (unpaired) electrons. The van der Waals surface area contributed by atoms with Crippen LogP contribution in [0.1, 0.15) is 32.4 Å². The first-order valence-electron chi connectivity index (χ1n) is 7.85. The van der Waals surface area contributed by atoms with E-state index in [2.05, 4.69) is 15.9 Å². The van der Waals surface area contributed by atoms with Crippen molar-refractivity contribution in [2.75, 3.05) is 11.4 Å². The summed E-state index contributed by atoms with van der Waals surface area (Å²) in [6.07, 6.45) is -0.596. The largest absolute Gasteiger partial charge is 0.482 e. The number of nitrogens with zero attached hydrogens (tertiary/aromatic N) is 1. The third kappa shape index (κ3) is 3.73. The first-order chi connectivity index (χ1) is 11.3. The van der Waals surface area contributed by atoms with E-state index in [0.29, 0.717) is 12.3 Å². The number of carbonyl (C=O) groups excluding carboxylic acids is 1. The van der Waals surface area contributed by atoms with Crippen molar-refractivity contribution >= 4 is 27.7 Å². The molecule has 3 rings (SSSR count). The summed E-state index contributed by atoms with van der Waals surface area (Å²) in [7, 11) is 0. The monoisotopic (exact) mass is 389 g/mol. The zero-order valence-corrected chi connectivity index (χ0v) is 15.5. The van der Waals surface area contributed by atoms with Crippen molar-refractivity contribution in [3.63, 3.8) is 0 Å². The van der Waals surface area contributed by atoms with E-state index < -0.39 is 5.60 Å². The van der Waals surface area contributed by atoms with Gasteiger partial charge in [0.25, 0.3) is 0 Å². The van der Waals surface area contributed by atoms with Crippen molar-refractivity contribution in [1.29, 1.82) is 0 Å². The molecule has 126 valence electrons. The maximum absolute atomic E-state index is 12.6. The molecule has 0 fully saturated rings. The van der Waals surface area contributed by atoms with Crippen molar-refractivity contribution in [2.45, 2.75) is 32.5 Å². The fourth-order valence-corrected chi connectivity index (χ4v) is 2.84. The fraction of sp³-hybridized carbons (Fsp3) is 0.316. The molecule has 0 saturated carbocycles. The summed E-state index contributed by atoms with van der Waals surface area (Å²) in [5, 5.41) is 0. The van der Waals surface area contributed by atoms with E-state index in [0.717, 1.165) is 15.7 Å². The van der Waals surface area contributed by atoms with E-state index in [1.54, 1.807) is 4.90 Å². The lowest BCUT2D eigenvalue weighted by Crippen LogP contribution is -2.42. The number of amides is 1. The zero-order chi connectivity index (χ0) is 17.3. The van der Waals surface area contributed by atoms with Gasteiger partial charge >= 0.3 is 6.09 Å². The Morgan fingerprint density at radius 1 is 1.17 bits per heavy atom. The Balaban J connectivity index is 1.92. The van der Waals surface area contributed by atoms with Crippen molar-refractivity contribution < 1.29 is 14.3 Å². The molecule has 1 unspecified atom stereocenters. The van der Waals surface area contributed by atoms with E-state index in [-0.39, 0.29) is 12.2 Å². The maximum atomic E-state index is 12.6. The third-order valence-corrected chi connectivity index (χ3v) is 4.16. The third-order valence-electron chi connectivity index (χ3n) is 3.63. The summed E-state index contributed by atoms with van der Waals surface area (Å²) >= 11 is 3.44. The molecule has 1 heterocycles. The van der Waals surface area contributed by atoms with Crippen LogP contribution in [0, 0.1) is 0 Å². The molecule has 0 N–H and O–H groups in total. The number of fused-ring (bicyclic) bond motifs is 1. The van der Waals surface area contributed by atoms with Crippen LogP contribution in [0.3, 0.4) is 0 Å². The highest BCUT2D eigenvalue weighted by molar-refractivity contribution is 9.10. The lowest BCUT2D eigenvalue weighted by Gasteiger charge is -2.36. The standard InChI is InChI=1S/C19H20BrNO3/c1-19(2,3)24-18(22)21-12-17(13-8-10-14(20)11-9-13)23-16-7-5-4-6-15(16)21/h4-11,17H,12H2,1-3H3. The second-order valence-corrected chi connectivity index (χ2v) is 7.63. The molecular weight excluding hydrogens is 370 g/mol. The first kappa shape index (κ1) is 16.8. The minimum absolute atomic E-state index is 0.236. The minimum Gasteiger partial charge on any atom is -0.482 e. The SMILES string of the molecule is CC(C)(C)OC(=O)N1CC(c2ccc(Br)cc2)Oc2ccccc21. The Morgan fingerprint density at radius 3 is 2.50 bits per heavy atom. The van der Waals surface area contributed by atoms with E-state index in [9.17, 15) is 4.79 Å². The Kier molecular flexibility index (Phi) is 4.54. The molecule has 1 aliphatic rings. The molecule has 0 saturated heterocycles. The summed E-state index contributed by atoms with van der Waals surface area (Å²) in [5.41, 5.74) is 1.21. The lowest BCUT2D eigenvalue weighted by atomic mass is 10.1. The summed E-state index contributed by atoms with van der Waals surface area (Å²) < 4.78 is 12.7. The Morgan fingerprint density at radius 2 is 1.83 bits per heavy atom. The lowest BCUT2D eigenvalue weighted by molar-refractivity contribution is 0.0547. The topological polar surface area (TPSA) is 38.8 Å². The second-order valence-electron chi connectivity index (χ2n) is 6.72. The normalized spacial score (nSPS) is 17.0. The molecule has 24 heavy (non-hydrogen) atoms. The molecule has 0 aliphatic carbocycles. The summed E-state index contributed by atoms with van der Waals surface area (Å²) in [4.78, 5) is 14.3. The highest BCUT2D eigenvalue weighted by Crippen LogP contribution is 2.38. The summed E-state index contributed by atoms with van der Waals surface area (Å²) in [5.74, 6) is 0.683. The predicted octanol–water partition coefficient (Wildman–Crippen LogP) is 5.32. The van der Waals surface area contributed by atoms with Gasteiger partial charge < -0.3 is 9.47 Å². The molecule has 1 amide bonds. The number of halogens is 1. The number of para-hydroxylation sites is 2. The Labute approximate surface area is 150 Å². The molecule has 0 bridgehead atoms. The predicted molar refractivity (Wildman–Crippen MR) is 97.5 cm³/mol. The Hall–Kier alpha value is -2.01. The van der Waals surface area contributed by atoms with Gasteiger partial charge in [-0.1, -0.05) is 40.2 Å². The Bertz CT molecular complexity index is 737. The van der Waals surface area contributed by atoms with Crippen molar-refractivity contribution in [2.24, 2.45) is 0 Å². The van der Waals surface area contributed by atoms with Crippen LogP contribution in [0.25, 0.3) is 0 Å². The van der Waals surface area contributed by atoms with Crippen LogP contribution in [0.4, 0.5) is 10.5 Å². The molecule has 1 atom stereocenters. The number of benzene rings is 2. The first-order valence-corrected chi connectivity index (χ1v) is 8.64. The highest BCUT2D eigenvalue weighted by Gasteiger charge is 2.33. The van der Waals surface area contributed by atoms with Crippen LogP contribution in [0.2, 0.25) is 0 Å². The molecular formula is C19H20BrNO3. The highest BCUT2D eigenvalue weighted by atomic mass is 79.9.